The Hall–Kier alpha value is -1.79. The van der Waals surface area contributed by atoms with Gasteiger partial charge in [0, 0.05) is 5.02 Å². The van der Waals surface area contributed by atoms with E-state index in [2.05, 4.69) is 5.32 Å². The number of benzene rings is 1. The van der Waals surface area contributed by atoms with Crippen LogP contribution in [0.4, 0.5) is 5.69 Å². The molecule has 0 atom stereocenters. The molecule has 0 aliphatic rings. The smallest absolute Gasteiger partial charge is 0.323 e. The van der Waals surface area contributed by atoms with Gasteiger partial charge in [0.25, 0.3) is 0 Å². The van der Waals surface area contributed by atoms with E-state index < -0.39 is 11.8 Å². The lowest BCUT2D eigenvalue weighted by Crippen LogP contribution is -2.39. The monoisotopic (exact) mass is 229 g/mol. The second-order valence-corrected chi connectivity index (χ2v) is 3.03. The number of hydrogen-bond acceptors (Lipinski definition) is 4. The van der Waals surface area contributed by atoms with Gasteiger partial charge in [-0.3, -0.25) is 15.0 Å². The molecule has 5 N–H and O–H groups in total. The van der Waals surface area contributed by atoms with Gasteiger partial charge in [-0.25, -0.2) is 5.84 Å². The molecule has 15 heavy (non-hydrogen) atoms. The van der Waals surface area contributed by atoms with Gasteiger partial charge in [-0.1, -0.05) is 11.6 Å². The number of phenolic OH excluding ortho intramolecular Hbond substituents is 1. The number of amides is 2. The van der Waals surface area contributed by atoms with Crippen LogP contribution >= 0.6 is 11.6 Å². The lowest BCUT2D eigenvalue weighted by molar-refractivity contribution is -0.136. The van der Waals surface area contributed by atoms with Crippen molar-refractivity contribution in [3.05, 3.63) is 23.2 Å². The third-order valence-electron chi connectivity index (χ3n) is 1.54. The molecular weight excluding hydrogens is 222 g/mol. The third kappa shape index (κ3) is 2.83. The van der Waals surface area contributed by atoms with Crippen LogP contribution in [0.3, 0.4) is 0 Å². The summed E-state index contributed by atoms with van der Waals surface area (Å²) in [4.78, 5) is 21.8. The summed E-state index contributed by atoms with van der Waals surface area (Å²) in [6.07, 6.45) is 0. The normalized spacial score (nSPS) is 9.47. The first-order chi connectivity index (χ1) is 7.04. The fourth-order valence-electron chi connectivity index (χ4n) is 0.853. The Kier molecular flexibility index (Phi) is 3.48. The van der Waals surface area contributed by atoms with Crippen LogP contribution < -0.4 is 16.6 Å². The Morgan fingerprint density at radius 2 is 2.00 bits per heavy atom. The van der Waals surface area contributed by atoms with Crippen molar-refractivity contribution >= 4 is 29.1 Å². The first-order valence-corrected chi connectivity index (χ1v) is 4.23. The highest BCUT2D eigenvalue weighted by atomic mass is 35.5. The molecule has 1 rings (SSSR count). The lowest BCUT2D eigenvalue weighted by Gasteiger charge is -2.06. The predicted molar refractivity (Wildman–Crippen MR) is 54.1 cm³/mol. The number of hydrazine groups is 1. The molecule has 0 aromatic heterocycles. The number of hydrogen-bond donors (Lipinski definition) is 4. The van der Waals surface area contributed by atoms with Gasteiger partial charge in [0.2, 0.25) is 0 Å². The number of carbonyl (C=O) groups is 2. The number of nitrogens with two attached hydrogens (primary N) is 1. The number of nitrogens with one attached hydrogen (secondary N) is 2. The van der Waals surface area contributed by atoms with E-state index in [1.54, 1.807) is 5.43 Å². The fraction of sp³-hybridized carbons (Fsp3) is 0. The molecule has 0 saturated heterocycles. The van der Waals surface area contributed by atoms with Crippen LogP contribution in [0.2, 0.25) is 5.02 Å². The average Bonchev–Trinajstić information content (AvgIpc) is 2.22. The van der Waals surface area contributed by atoms with E-state index in [0.717, 1.165) is 0 Å². The van der Waals surface area contributed by atoms with E-state index in [1.165, 1.54) is 18.2 Å². The molecule has 0 saturated carbocycles. The van der Waals surface area contributed by atoms with Crippen molar-refractivity contribution < 1.29 is 14.7 Å². The standard InChI is InChI=1S/C8H8ClN3O3/c9-4-1-2-6(13)5(3-4)11-7(14)8(15)12-10/h1-3,13H,10H2,(H,11,14)(H,12,15). The second-order valence-electron chi connectivity index (χ2n) is 2.59. The molecule has 7 heteroatoms. The molecule has 0 spiro atoms. The zero-order chi connectivity index (χ0) is 11.4. The van der Waals surface area contributed by atoms with Gasteiger partial charge in [0.1, 0.15) is 5.75 Å². The minimum absolute atomic E-state index is 0.0381. The van der Waals surface area contributed by atoms with Gasteiger partial charge < -0.3 is 10.4 Å². The molecule has 0 bridgehead atoms. The van der Waals surface area contributed by atoms with Gasteiger partial charge in [-0.2, -0.15) is 0 Å². The van der Waals surface area contributed by atoms with Crippen molar-refractivity contribution in [2.24, 2.45) is 5.84 Å². The molecule has 0 unspecified atom stereocenters. The van der Waals surface area contributed by atoms with Crippen molar-refractivity contribution in [1.29, 1.82) is 0 Å². The topological polar surface area (TPSA) is 104 Å². The van der Waals surface area contributed by atoms with Gasteiger partial charge in [0.05, 0.1) is 5.69 Å². The summed E-state index contributed by atoms with van der Waals surface area (Å²) in [6.45, 7) is 0. The Bertz CT molecular complexity index is 408. The van der Waals surface area contributed by atoms with E-state index >= 15 is 0 Å². The Morgan fingerprint density at radius 1 is 1.33 bits per heavy atom. The van der Waals surface area contributed by atoms with E-state index in [-0.39, 0.29) is 11.4 Å². The zero-order valence-corrected chi connectivity index (χ0v) is 8.21. The van der Waals surface area contributed by atoms with Crippen molar-refractivity contribution in [2.75, 3.05) is 5.32 Å². The number of aromatic hydroxyl groups is 1. The van der Waals surface area contributed by atoms with Crippen molar-refractivity contribution in [3.8, 4) is 5.75 Å². The molecule has 80 valence electrons. The third-order valence-corrected chi connectivity index (χ3v) is 1.78. The maximum atomic E-state index is 11.0. The summed E-state index contributed by atoms with van der Waals surface area (Å²) in [5, 5.41) is 11.8. The highest BCUT2D eigenvalue weighted by molar-refractivity contribution is 6.39. The van der Waals surface area contributed by atoms with Crippen molar-refractivity contribution in [3.63, 3.8) is 0 Å². The number of anilines is 1. The Balaban J connectivity index is 2.85. The first-order valence-electron chi connectivity index (χ1n) is 3.85. The average molecular weight is 230 g/mol. The van der Waals surface area contributed by atoms with Crippen molar-refractivity contribution in [1.82, 2.24) is 5.43 Å². The van der Waals surface area contributed by atoms with E-state index in [9.17, 15) is 14.7 Å². The molecule has 6 nitrogen and oxygen atoms in total. The minimum Gasteiger partial charge on any atom is -0.506 e. The van der Waals surface area contributed by atoms with Crippen LogP contribution in [0, 0.1) is 0 Å². The molecule has 0 radical (unpaired) electrons. The molecule has 0 fully saturated rings. The van der Waals surface area contributed by atoms with Gasteiger partial charge in [-0.05, 0) is 18.2 Å². The van der Waals surface area contributed by atoms with Crippen molar-refractivity contribution in [2.45, 2.75) is 0 Å². The number of carbonyl (C=O) groups excluding carboxylic acids is 2. The quantitative estimate of drug-likeness (QED) is 0.179. The lowest BCUT2D eigenvalue weighted by atomic mass is 10.3. The second kappa shape index (κ2) is 4.63. The highest BCUT2D eigenvalue weighted by Gasteiger charge is 2.13. The maximum absolute atomic E-state index is 11.0. The van der Waals surface area contributed by atoms with Crippen LogP contribution in [-0.4, -0.2) is 16.9 Å². The largest absolute Gasteiger partial charge is 0.506 e. The van der Waals surface area contributed by atoms with E-state index in [1.807, 2.05) is 0 Å². The van der Waals surface area contributed by atoms with Crippen LogP contribution in [0.1, 0.15) is 0 Å². The molecule has 1 aromatic rings. The summed E-state index contributed by atoms with van der Waals surface area (Å²) in [7, 11) is 0. The van der Waals surface area contributed by atoms with Crippen LogP contribution in [0.25, 0.3) is 0 Å². The Labute approximate surface area is 90.0 Å². The predicted octanol–water partition coefficient (Wildman–Crippen LogP) is -0.0260. The first kappa shape index (κ1) is 11.3. The summed E-state index contributed by atoms with van der Waals surface area (Å²) in [5.41, 5.74) is 1.69. The molecule has 1 aromatic carbocycles. The van der Waals surface area contributed by atoms with E-state index in [0.29, 0.717) is 5.02 Å². The zero-order valence-electron chi connectivity index (χ0n) is 7.45. The Morgan fingerprint density at radius 3 is 2.60 bits per heavy atom. The molecule has 2 amide bonds. The summed E-state index contributed by atoms with van der Waals surface area (Å²) >= 11 is 5.63. The van der Waals surface area contributed by atoms with Gasteiger partial charge in [-0.15, -0.1) is 0 Å². The van der Waals surface area contributed by atoms with Crippen LogP contribution in [-0.2, 0) is 9.59 Å². The van der Waals surface area contributed by atoms with Crippen LogP contribution in [0.15, 0.2) is 18.2 Å². The molecule has 0 aliphatic carbocycles. The summed E-state index contributed by atoms with van der Waals surface area (Å²) in [6, 6.07) is 4.03. The fourth-order valence-corrected chi connectivity index (χ4v) is 1.03. The van der Waals surface area contributed by atoms with Crippen LogP contribution in [0.5, 0.6) is 5.75 Å². The van der Waals surface area contributed by atoms with E-state index in [4.69, 9.17) is 17.4 Å². The minimum atomic E-state index is -1.02. The molecule has 0 heterocycles. The molecular formula is C8H8ClN3O3. The summed E-state index contributed by atoms with van der Waals surface area (Å²) < 4.78 is 0. The summed E-state index contributed by atoms with van der Waals surface area (Å²) in [5.74, 6) is 2.54. The maximum Gasteiger partial charge on any atom is 0.323 e. The number of halogens is 1. The SMILES string of the molecule is NNC(=O)C(=O)Nc1cc(Cl)ccc1O. The van der Waals surface area contributed by atoms with Gasteiger partial charge >= 0.3 is 11.8 Å². The van der Waals surface area contributed by atoms with Gasteiger partial charge in [0.15, 0.2) is 0 Å². The highest BCUT2D eigenvalue weighted by Crippen LogP contribution is 2.26. The molecule has 0 aliphatic heterocycles. The number of phenols is 1. The number of rotatable bonds is 1.